The highest BCUT2D eigenvalue weighted by Crippen LogP contribution is 2.61. The SMILES string of the molecule is Cc1ccccc1NC(=S)NNC(=O)CC12CC3CC(CC(C3)C1)C2. The Morgan fingerprint density at radius 2 is 1.68 bits per heavy atom. The normalized spacial score (nSPS) is 32.3. The molecule has 4 bridgehead atoms. The van der Waals surface area contributed by atoms with E-state index in [0.29, 0.717) is 11.5 Å². The Labute approximate surface area is 155 Å². The molecular weight excluding hydrogens is 330 g/mol. The molecule has 4 saturated carbocycles. The Morgan fingerprint density at radius 1 is 1.08 bits per heavy atom. The molecule has 0 atom stereocenters. The zero-order valence-electron chi connectivity index (χ0n) is 14.8. The molecule has 1 aromatic rings. The molecule has 0 radical (unpaired) electrons. The van der Waals surface area contributed by atoms with Gasteiger partial charge in [-0.25, -0.2) is 0 Å². The Kier molecular flexibility index (Phi) is 4.44. The molecule has 5 heteroatoms. The first-order valence-corrected chi connectivity index (χ1v) is 9.84. The summed E-state index contributed by atoms with van der Waals surface area (Å²) >= 11 is 5.29. The van der Waals surface area contributed by atoms with Gasteiger partial charge in [0.1, 0.15) is 0 Å². The number of carbonyl (C=O) groups is 1. The maximum absolute atomic E-state index is 12.5. The monoisotopic (exact) mass is 357 g/mol. The van der Waals surface area contributed by atoms with Crippen LogP contribution in [0.2, 0.25) is 0 Å². The molecular formula is C20H27N3OS. The van der Waals surface area contributed by atoms with Crippen molar-refractivity contribution in [3.05, 3.63) is 29.8 Å². The summed E-state index contributed by atoms with van der Waals surface area (Å²) in [7, 11) is 0. The van der Waals surface area contributed by atoms with Gasteiger partial charge in [-0.05, 0) is 92.5 Å². The number of aryl methyl sites for hydroxylation is 1. The molecule has 0 aliphatic heterocycles. The predicted molar refractivity (Wildman–Crippen MR) is 104 cm³/mol. The van der Waals surface area contributed by atoms with Crippen molar-refractivity contribution < 1.29 is 4.79 Å². The lowest BCUT2D eigenvalue weighted by atomic mass is 9.49. The van der Waals surface area contributed by atoms with Crippen LogP contribution in [0, 0.1) is 30.1 Å². The van der Waals surface area contributed by atoms with Crippen molar-refractivity contribution in [3.63, 3.8) is 0 Å². The smallest absolute Gasteiger partial charge is 0.238 e. The largest absolute Gasteiger partial charge is 0.331 e. The molecule has 4 aliphatic rings. The topological polar surface area (TPSA) is 53.2 Å². The van der Waals surface area contributed by atoms with Crippen molar-refractivity contribution >= 4 is 28.9 Å². The summed E-state index contributed by atoms with van der Waals surface area (Å²) < 4.78 is 0. The van der Waals surface area contributed by atoms with Crippen LogP contribution in [0.25, 0.3) is 0 Å². The van der Waals surface area contributed by atoms with Crippen LogP contribution in [-0.2, 0) is 4.79 Å². The summed E-state index contributed by atoms with van der Waals surface area (Å²) in [6.45, 7) is 2.02. The maximum atomic E-state index is 12.5. The van der Waals surface area contributed by atoms with E-state index in [1.54, 1.807) is 0 Å². The number of rotatable bonds is 3. The van der Waals surface area contributed by atoms with Gasteiger partial charge >= 0.3 is 0 Å². The first kappa shape index (κ1) is 16.8. The van der Waals surface area contributed by atoms with E-state index < -0.39 is 0 Å². The fourth-order valence-corrected chi connectivity index (χ4v) is 6.05. The molecule has 0 aromatic heterocycles. The van der Waals surface area contributed by atoms with Crippen LogP contribution in [0.3, 0.4) is 0 Å². The summed E-state index contributed by atoms with van der Waals surface area (Å²) in [5.41, 5.74) is 7.99. The van der Waals surface area contributed by atoms with Crippen LogP contribution < -0.4 is 16.2 Å². The Balaban J connectivity index is 1.28. The van der Waals surface area contributed by atoms with Gasteiger partial charge in [0.25, 0.3) is 0 Å². The lowest BCUT2D eigenvalue weighted by Crippen LogP contribution is -2.50. The number of thiocarbonyl (C=S) groups is 1. The zero-order valence-corrected chi connectivity index (χ0v) is 15.6. The Bertz CT molecular complexity index is 652. The standard InChI is InChI=1S/C20H27N3OS/c1-13-4-2-3-5-17(13)21-19(25)23-22-18(24)12-20-9-14-6-15(10-20)8-16(7-14)11-20/h2-5,14-16H,6-12H2,1H3,(H,22,24)(H2,21,23,25). The lowest BCUT2D eigenvalue weighted by molar-refractivity contribution is -0.129. The van der Waals surface area contributed by atoms with E-state index >= 15 is 0 Å². The van der Waals surface area contributed by atoms with Crippen LogP contribution in [-0.4, -0.2) is 11.0 Å². The molecule has 4 nitrogen and oxygen atoms in total. The van der Waals surface area contributed by atoms with Crippen LogP contribution in [0.15, 0.2) is 24.3 Å². The van der Waals surface area contributed by atoms with Gasteiger partial charge in [0, 0.05) is 12.1 Å². The van der Waals surface area contributed by atoms with Crippen molar-refractivity contribution in [2.24, 2.45) is 23.2 Å². The van der Waals surface area contributed by atoms with E-state index in [1.807, 2.05) is 31.2 Å². The highest BCUT2D eigenvalue weighted by molar-refractivity contribution is 7.80. The van der Waals surface area contributed by atoms with Crippen molar-refractivity contribution in [3.8, 4) is 0 Å². The first-order valence-electron chi connectivity index (χ1n) is 9.43. The number of para-hydroxylation sites is 1. The molecule has 0 saturated heterocycles. The average molecular weight is 358 g/mol. The molecule has 0 unspecified atom stereocenters. The zero-order chi connectivity index (χ0) is 17.4. The third-order valence-corrected chi connectivity index (χ3v) is 6.61. The third kappa shape index (κ3) is 3.66. The quantitative estimate of drug-likeness (QED) is 0.567. The van der Waals surface area contributed by atoms with Crippen molar-refractivity contribution in [1.29, 1.82) is 0 Å². The molecule has 134 valence electrons. The van der Waals surface area contributed by atoms with Crippen LogP contribution >= 0.6 is 12.2 Å². The number of nitrogens with one attached hydrogen (secondary N) is 3. The summed E-state index contributed by atoms with van der Waals surface area (Å²) in [6, 6.07) is 7.95. The Morgan fingerprint density at radius 3 is 2.28 bits per heavy atom. The first-order chi connectivity index (χ1) is 12.0. The second kappa shape index (κ2) is 6.60. The minimum absolute atomic E-state index is 0.0656. The van der Waals surface area contributed by atoms with Crippen molar-refractivity contribution in [1.82, 2.24) is 10.9 Å². The minimum Gasteiger partial charge on any atom is -0.331 e. The van der Waals surface area contributed by atoms with E-state index in [0.717, 1.165) is 29.0 Å². The predicted octanol–water partition coefficient (Wildman–Crippen LogP) is 3.92. The number of hydrogen-bond acceptors (Lipinski definition) is 2. The van der Waals surface area contributed by atoms with Gasteiger partial charge in [0.05, 0.1) is 0 Å². The number of hydrogen-bond donors (Lipinski definition) is 3. The highest BCUT2D eigenvalue weighted by Gasteiger charge is 2.51. The molecule has 5 rings (SSSR count). The van der Waals surface area contributed by atoms with Crippen LogP contribution in [0.5, 0.6) is 0 Å². The van der Waals surface area contributed by atoms with Crippen molar-refractivity contribution in [2.45, 2.75) is 51.9 Å². The second-order valence-electron chi connectivity index (χ2n) is 8.54. The van der Waals surface area contributed by atoms with E-state index in [1.165, 1.54) is 38.5 Å². The Hall–Kier alpha value is -1.62. The number of benzene rings is 1. The van der Waals surface area contributed by atoms with Gasteiger partial charge in [0.2, 0.25) is 5.91 Å². The van der Waals surface area contributed by atoms with E-state index in [4.69, 9.17) is 12.2 Å². The number of hydrazine groups is 1. The van der Waals surface area contributed by atoms with Gasteiger partial charge < -0.3 is 5.32 Å². The second-order valence-corrected chi connectivity index (χ2v) is 8.94. The molecule has 4 aliphatic carbocycles. The minimum atomic E-state index is 0.0656. The van der Waals surface area contributed by atoms with E-state index in [9.17, 15) is 4.79 Å². The number of amides is 1. The molecule has 25 heavy (non-hydrogen) atoms. The molecule has 0 heterocycles. The van der Waals surface area contributed by atoms with Gasteiger partial charge in [-0.15, -0.1) is 0 Å². The van der Waals surface area contributed by atoms with Crippen LogP contribution in [0.4, 0.5) is 5.69 Å². The summed E-state index contributed by atoms with van der Waals surface area (Å²) in [6.07, 6.45) is 8.60. The molecule has 0 spiro atoms. The molecule has 4 fully saturated rings. The number of carbonyl (C=O) groups excluding carboxylic acids is 1. The molecule has 1 amide bonds. The van der Waals surface area contributed by atoms with Crippen molar-refractivity contribution in [2.75, 3.05) is 5.32 Å². The third-order valence-electron chi connectivity index (χ3n) is 6.41. The van der Waals surface area contributed by atoms with E-state index in [2.05, 4.69) is 16.2 Å². The maximum Gasteiger partial charge on any atom is 0.238 e. The number of anilines is 1. The fraction of sp³-hybridized carbons (Fsp3) is 0.600. The summed E-state index contributed by atoms with van der Waals surface area (Å²) in [5.74, 6) is 2.68. The van der Waals surface area contributed by atoms with Gasteiger partial charge in [-0.1, -0.05) is 18.2 Å². The highest BCUT2D eigenvalue weighted by atomic mass is 32.1. The summed E-state index contributed by atoms with van der Waals surface area (Å²) in [4.78, 5) is 12.5. The van der Waals surface area contributed by atoms with Crippen LogP contribution in [0.1, 0.15) is 50.5 Å². The fourth-order valence-electron chi connectivity index (χ4n) is 5.88. The molecule has 3 N–H and O–H groups in total. The van der Waals surface area contributed by atoms with Gasteiger partial charge in [-0.3, -0.25) is 15.6 Å². The van der Waals surface area contributed by atoms with Gasteiger partial charge in [-0.2, -0.15) is 0 Å². The van der Waals surface area contributed by atoms with Gasteiger partial charge in [0.15, 0.2) is 5.11 Å². The molecule has 1 aromatic carbocycles. The average Bonchev–Trinajstić information content (AvgIpc) is 2.53. The lowest BCUT2D eigenvalue weighted by Gasteiger charge is -2.56. The van der Waals surface area contributed by atoms with E-state index in [-0.39, 0.29) is 11.3 Å². The summed E-state index contributed by atoms with van der Waals surface area (Å²) in [5, 5.41) is 3.55.